The molecule has 1 aliphatic carbocycles. The predicted molar refractivity (Wildman–Crippen MR) is 54.2 cm³/mol. The van der Waals surface area contributed by atoms with Gasteiger partial charge in [0, 0.05) is 0 Å². The van der Waals surface area contributed by atoms with Crippen molar-refractivity contribution in [1.82, 2.24) is 0 Å². The third kappa shape index (κ3) is 3.57. The fourth-order valence-electron chi connectivity index (χ4n) is 1.89. The molecule has 0 spiro atoms. The summed E-state index contributed by atoms with van der Waals surface area (Å²) in [4.78, 5) is 0. The highest BCUT2D eigenvalue weighted by Crippen LogP contribution is 2.30. The highest BCUT2D eigenvalue weighted by Gasteiger charge is 2.24. The Morgan fingerprint density at radius 1 is 1.25 bits per heavy atom. The molecule has 1 saturated carbocycles. The third-order valence-electron chi connectivity index (χ3n) is 2.74. The standard InChI is InChI=1S/C9H18O.C2H6/c1-3-8-5-4-7(2)6-9(8)10;1-2/h7-10H,3-6H2,1-2H3;1-2H3/t7?,8-,9?;/m1./s1. The predicted octanol–water partition coefficient (Wildman–Crippen LogP) is 3.22. The van der Waals surface area contributed by atoms with Crippen molar-refractivity contribution in [3.63, 3.8) is 0 Å². The maximum Gasteiger partial charge on any atom is 0.0570 e. The highest BCUT2D eigenvalue weighted by atomic mass is 16.3. The number of hydrogen-bond donors (Lipinski definition) is 1. The van der Waals surface area contributed by atoms with Crippen LogP contribution in [0.1, 0.15) is 53.4 Å². The van der Waals surface area contributed by atoms with Crippen LogP contribution < -0.4 is 0 Å². The van der Waals surface area contributed by atoms with Crippen molar-refractivity contribution in [2.75, 3.05) is 0 Å². The lowest BCUT2D eigenvalue weighted by molar-refractivity contribution is 0.0472. The minimum Gasteiger partial charge on any atom is -0.393 e. The third-order valence-corrected chi connectivity index (χ3v) is 2.74. The van der Waals surface area contributed by atoms with E-state index in [-0.39, 0.29) is 6.10 Å². The van der Waals surface area contributed by atoms with E-state index in [1.54, 1.807) is 0 Å². The Kier molecular flexibility index (Phi) is 6.45. The molecule has 1 fully saturated rings. The van der Waals surface area contributed by atoms with Crippen LogP contribution in [0.25, 0.3) is 0 Å². The van der Waals surface area contributed by atoms with E-state index in [9.17, 15) is 5.11 Å². The van der Waals surface area contributed by atoms with Crippen molar-refractivity contribution in [3.8, 4) is 0 Å². The van der Waals surface area contributed by atoms with E-state index in [1.807, 2.05) is 13.8 Å². The molecule has 0 amide bonds. The van der Waals surface area contributed by atoms with E-state index in [4.69, 9.17) is 0 Å². The summed E-state index contributed by atoms with van der Waals surface area (Å²) in [6.45, 7) is 8.40. The first kappa shape index (κ1) is 12.0. The topological polar surface area (TPSA) is 20.2 Å². The molecule has 1 heteroatoms. The van der Waals surface area contributed by atoms with Crippen LogP contribution in [0.3, 0.4) is 0 Å². The Balaban J connectivity index is 0.000000561. The van der Waals surface area contributed by atoms with E-state index < -0.39 is 0 Å². The van der Waals surface area contributed by atoms with Gasteiger partial charge in [-0.15, -0.1) is 0 Å². The Labute approximate surface area is 77.2 Å². The normalized spacial score (nSPS) is 35.2. The molecule has 0 radical (unpaired) electrons. The molecule has 1 rings (SSSR count). The van der Waals surface area contributed by atoms with Crippen molar-refractivity contribution in [1.29, 1.82) is 0 Å². The van der Waals surface area contributed by atoms with Crippen molar-refractivity contribution in [3.05, 3.63) is 0 Å². The van der Waals surface area contributed by atoms with Crippen molar-refractivity contribution < 1.29 is 5.11 Å². The van der Waals surface area contributed by atoms with Crippen LogP contribution in [-0.4, -0.2) is 11.2 Å². The number of rotatable bonds is 1. The fourth-order valence-corrected chi connectivity index (χ4v) is 1.89. The minimum absolute atomic E-state index is 0.00579. The lowest BCUT2D eigenvalue weighted by Gasteiger charge is -2.30. The second-order valence-corrected chi connectivity index (χ2v) is 3.65. The van der Waals surface area contributed by atoms with E-state index in [2.05, 4.69) is 13.8 Å². The zero-order valence-electron chi connectivity index (χ0n) is 9.01. The van der Waals surface area contributed by atoms with Crippen molar-refractivity contribution in [2.45, 2.75) is 59.5 Å². The SMILES string of the molecule is CC.CC[C@@H]1CCC(C)CC1O. The van der Waals surface area contributed by atoms with Gasteiger partial charge in [-0.1, -0.05) is 40.5 Å². The van der Waals surface area contributed by atoms with Crippen LogP contribution in [0, 0.1) is 11.8 Å². The lowest BCUT2D eigenvalue weighted by atomic mass is 9.79. The molecule has 0 saturated heterocycles. The molecule has 74 valence electrons. The molecule has 12 heavy (non-hydrogen) atoms. The monoisotopic (exact) mass is 172 g/mol. The van der Waals surface area contributed by atoms with Crippen LogP contribution in [0.2, 0.25) is 0 Å². The van der Waals surface area contributed by atoms with Gasteiger partial charge in [0.2, 0.25) is 0 Å². The summed E-state index contributed by atoms with van der Waals surface area (Å²) in [5.41, 5.74) is 0. The van der Waals surface area contributed by atoms with Crippen LogP contribution in [0.5, 0.6) is 0 Å². The quantitative estimate of drug-likeness (QED) is 0.644. The largest absolute Gasteiger partial charge is 0.393 e. The summed E-state index contributed by atoms with van der Waals surface area (Å²) >= 11 is 0. The van der Waals surface area contributed by atoms with Gasteiger partial charge in [0.05, 0.1) is 6.10 Å². The number of aliphatic hydroxyl groups is 1. The van der Waals surface area contributed by atoms with Gasteiger partial charge in [-0.2, -0.15) is 0 Å². The van der Waals surface area contributed by atoms with Gasteiger partial charge in [-0.05, 0) is 24.7 Å². The molecule has 0 bridgehead atoms. The molecule has 0 aromatic rings. The zero-order valence-corrected chi connectivity index (χ0v) is 9.01. The molecule has 0 aliphatic heterocycles. The first-order chi connectivity index (χ1) is 5.74. The molecule has 0 aromatic heterocycles. The second kappa shape index (κ2) is 6.47. The van der Waals surface area contributed by atoms with Crippen LogP contribution in [-0.2, 0) is 0 Å². The minimum atomic E-state index is -0.00579. The maximum absolute atomic E-state index is 9.54. The highest BCUT2D eigenvalue weighted by molar-refractivity contribution is 4.76. The molecule has 0 heterocycles. The summed E-state index contributed by atoms with van der Waals surface area (Å²) in [5.74, 6) is 1.34. The summed E-state index contributed by atoms with van der Waals surface area (Å²) in [6.07, 6.45) is 4.72. The van der Waals surface area contributed by atoms with Gasteiger partial charge in [-0.25, -0.2) is 0 Å². The summed E-state index contributed by atoms with van der Waals surface area (Å²) in [6, 6.07) is 0. The van der Waals surface area contributed by atoms with Gasteiger partial charge >= 0.3 is 0 Å². The molecule has 2 unspecified atom stereocenters. The average molecular weight is 172 g/mol. The Morgan fingerprint density at radius 3 is 2.25 bits per heavy atom. The van der Waals surface area contributed by atoms with Gasteiger partial charge in [0.15, 0.2) is 0 Å². The van der Waals surface area contributed by atoms with Gasteiger partial charge in [-0.3, -0.25) is 0 Å². The summed E-state index contributed by atoms with van der Waals surface area (Å²) in [5, 5.41) is 9.54. The molecule has 1 N–H and O–H groups in total. The van der Waals surface area contributed by atoms with Gasteiger partial charge < -0.3 is 5.11 Å². The van der Waals surface area contributed by atoms with E-state index in [0.29, 0.717) is 5.92 Å². The molecule has 3 atom stereocenters. The molecule has 0 aromatic carbocycles. The summed E-state index contributed by atoms with van der Waals surface area (Å²) < 4.78 is 0. The van der Waals surface area contributed by atoms with Gasteiger partial charge in [0.25, 0.3) is 0 Å². The van der Waals surface area contributed by atoms with E-state index >= 15 is 0 Å². The molecule has 1 aliphatic rings. The zero-order chi connectivity index (χ0) is 9.56. The number of aliphatic hydroxyl groups excluding tert-OH is 1. The summed E-state index contributed by atoms with van der Waals surface area (Å²) in [7, 11) is 0. The second-order valence-electron chi connectivity index (χ2n) is 3.65. The average Bonchev–Trinajstić information content (AvgIpc) is 2.08. The molecule has 1 nitrogen and oxygen atoms in total. The van der Waals surface area contributed by atoms with Gasteiger partial charge in [0.1, 0.15) is 0 Å². The van der Waals surface area contributed by atoms with Crippen molar-refractivity contribution >= 4 is 0 Å². The Morgan fingerprint density at radius 2 is 1.83 bits per heavy atom. The number of hydrogen-bond acceptors (Lipinski definition) is 1. The Bertz CT molecular complexity index is 101. The molecular weight excluding hydrogens is 148 g/mol. The first-order valence-corrected chi connectivity index (χ1v) is 5.42. The van der Waals surface area contributed by atoms with E-state index in [1.165, 1.54) is 12.8 Å². The first-order valence-electron chi connectivity index (χ1n) is 5.42. The van der Waals surface area contributed by atoms with Crippen LogP contribution in [0.4, 0.5) is 0 Å². The lowest BCUT2D eigenvalue weighted by Crippen LogP contribution is -2.27. The fraction of sp³-hybridized carbons (Fsp3) is 1.00. The van der Waals surface area contributed by atoms with E-state index in [0.717, 1.165) is 18.8 Å². The smallest absolute Gasteiger partial charge is 0.0570 e. The van der Waals surface area contributed by atoms with Crippen LogP contribution >= 0.6 is 0 Å². The maximum atomic E-state index is 9.54. The molecular formula is C11H24O. The van der Waals surface area contributed by atoms with Crippen LogP contribution in [0.15, 0.2) is 0 Å². The Hall–Kier alpha value is -0.0400. The van der Waals surface area contributed by atoms with Crippen molar-refractivity contribution in [2.24, 2.45) is 11.8 Å².